The molecule has 0 atom stereocenters. The molecule has 4 heteroatoms. The highest BCUT2D eigenvalue weighted by Gasteiger charge is 2.11. The second-order valence-corrected chi connectivity index (χ2v) is 4.85. The Morgan fingerprint density at radius 1 is 1.25 bits per heavy atom. The topological polar surface area (TPSA) is 46.1 Å². The van der Waals surface area contributed by atoms with Gasteiger partial charge in [0.15, 0.2) is 0 Å². The SMILES string of the molecule is CCNCc1cccc(NC(=O)c2ccc(C)n2C)c1. The average Bonchev–Trinajstić information content (AvgIpc) is 2.77. The Kier molecular flexibility index (Phi) is 4.58. The van der Waals surface area contributed by atoms with Gasteiger partial charge in [0.05, 0.1) is 0 Å². The first-order valence-electron chi connectivity index (χ1n) is 6.85. The van der Waals surface area contributed by atoms with Crippen LogP contribution < -0.4 is 10.6 Å². The fourth-order valence-corrected chi connectivity index (χ4v) is 2.06. The van der Waals surface area contributed by atoms with E-state index in [0.717, 1.165) is 30.0 Å². The monoisotopic (exact) mass is 271 g/mol. The van der Waals surface area contributed by atoms with E-state index in [2.05, 4.69) is 17.6 Å². The van der Waals surface area contributed by atoms with Crippen LogP contribution in [0.1, 0.15) is 28.7 Å². The molecule has 1 amide bonds. The van der Waals surface area contributed by atoms with Crippen molar-refractivity contribution in [3.8, 4) is 0 Å². The van der Waals surface area contributed by atoms with Crippen LogP contribution in [0.5, 0.6) is 0 Å². The predicted octanol–water partition coefficient (Wildman–Crippen LogP) is 2.70. The molecule has 0 saturated heterocycles. The van der Waals surface area contributed by atoms with Gasteiger partial charge in [-0.2, -0.15) is 0 Å². The summed E-state index contributed by atoms with van der Waals surface area (Å²) in [5.41, 5.74) is 3.72. The van der Waals surface area contributed by atoms with E-state index >= 15 is 0 Å². The molecule has 2 rings (SSSR count). The van der Waals surface area contributed by atoms with E-state index in [1.807, 2.05) is 54.9 Å². The summed E-state index contributed by atoms with van der Waals surface area (Å²) in [5.74, 6) is -0.0822. The highest BCUT2D eigenvalue weighted by molar-refractivity contribution is 6.03. The molecule has 0 saturated carbocycles. The first kappa shape index (κ1) is 14.3. The summed E-state index contributed by atoms with van der Waals surface area (Å²) >= 11 is 0. The van der Waals surface area contributed by atoms with Crippen molar-refractivity contribution in [1.82, 2.24) is 9.88 Å². The first-order chi connectivity index (χ1) is 9.61. The van der Waals surface area contributed by atoms with Crippen LogP contribution in [-0.4, -0.2) is 17.0 Å². The largest absolute Gasteiger partial charge is 0.344 e. The van der Waals surface area contributed by atoms with Crippen molar-refractivity contribution >= 4 is 11.6 Å². The van der Waals surface area contributed by atoms with Crippen LogP contribution in [-0.2, 0) is 13.6 Å². The van der Waals surface area contributed by atoms with Crippen LogP contribution >= 0.6 is 0 Å². The number of benzene rings is 1. The van der Waals surface area contributed by atoms with Gasteiger partial charge in [-0.1, -0.05) is 19.1 Å². The molecule has 1 aromatic carbocycles. The van der Waals surface area contributed by atoms with E-state index in [0.29, 0.717) is 5.69 Å². The van der Waals surface area contributed by atoms with Crippen molar-refractivity contribution < 1.29 is 4.79 Å². The van der Waals surface area contributed by atoms with Gasteiger partial charge in [0, 0.05) is 25.0 Å². The Labute approximate surface area is 119 Å². The van der Waals surface area contributed by atoms with Gasteiger partial charge in [0.1, 0.15) is 5.69 Å². The Bertz CT molecular complexity index is 602. The van der Waals surface area contributed by atoms with Gasteiger partial charge in [-0.3, -0.25) is 4.79 Å². The van der Waals surface area contributed by atoms with E-state index in [4.69, 9.17) is 0 Å². The van der Waals surface area contributed by atoms with Crippen LogP contribution in [0.25, 0.3) is 0 Å². The maximum Gasteiger partial charge on any atom is 0.272 e. The quantitative estimate of drug-likeness (QED) is 0.878. The Hall–Kier alpha value is -2.07. The van der Waals surface area contributed by atoms with E-state index < -0.39 is 0 Å². The fraction of sp³-hybridized carbons (Fsp3) is 0.312. The summed E-state index contributed by atoms with van der Waals surface area (Å²) in [6.45, 7) is 5.79. The summed E-state index contributed by atoms with van der Waals surface area (Å²) in [7, 11) is 1.89. The number of nitrogens with zero attached hydrogens (tertiary/aromatic N) is 1. The fourth-order valence-electron chi connectivity index (χ4n) is 2.06. The lowest BCUT2D eigenvalue weighted by molar-refractivity contribution is 0.101. The second kappa shape index (κ2) is 6.39. The first-order valence-corrected chi connectivity index (χ1v) is 6.85. The third-order valence-electron chi connectivity index (χ3n) is 3.37. The molecule has 0 unspecified atom stereocenters. The number of rotatable bonds is 5. The van der Waals surface area contributed by atoms with E-state index in [-0.39, 0.29) is 5.91 Å². The number of carbonyl (C=O) groups is 1. The van der Waals surface area contributed by atoms with Crippen molar-refractivity contribution in [2.24, 2.45) is 7.05 Å². The molecule has 2 aromatic rings. The lowest BCUT2D eigenvalue weighted by atomic mass is 10.2. The van der Waals surface area contributed by atoms with Gasteiger partial charge < -0.3 is 15.2 Å². The van der Waals surface area contributed by atoms with Crippen LogP contribution in [0.15, 0.2) is 36.4 Å². The standard InChI is InChI=1S/C16H21N3O/c1-4-17-11-13-6-5-7-14(10-13)18-16(20)15-9-8-12(2)19(15)3/h5-10,17H,4,11H2,1-3H3,(H,18,20). The summed E-state index contributed by atoms with van der Waals surface area (Å²) in [4.78, 5) is 12.2. The zero-order chi connectivity index (χ0) is 14.5. The molecule has 0 aliphatic rings. The minimum Gasteiger partial charge on any atom is -0.344 e. The van der Waals surface area contributed by atoms with Crippen LogP contribution in [0.3, 0.4) is 0 Å². The molecule has 1 aromatic heterocycles. The molecule has 0 spiro atoms. The molecule has 0 radical (unpaired) electrons. The number of hydrogen-bond acceptors (Lipinski definition) is 2. The zero-order valence-corrected chi connectivity index (χ0v) is 12.2. The third kappa shape index (κ3) is 3.27. The highest BCUT2D eigenvalue weighted by atomic mass is 16.1. The minimum atomic E-state index is -0.0822. The molecule has 2 N–H and O–H groups in total. The van der Waals surface area contributed by atoms with Crippen LogP contribution in [0.4, 0.5) is 5.69 Å². The van der Waals surface area contributed by atoms with Gasteiger partial charge in [0.25, 0.3) is 5.91 Å². The van der Waals surface area contributed by atoms with E-state index in [1.54, 1.807) is 0 Å². The normalized spacial score (nSPS) is 10.6. The van der Waals surface area contributed by atoms with Crippen molar-refractivity contribution in [1.29, 1.82) is 0 Å². The summed E-state index contributed by atoms with van der Waals surface area (Å²) in [6, 6.07) is 11.7. The number of amides is 1. The van der Waals surface area contributed by atoms with Gasteiger partial charge >= 0.3 is 0 Å². The number of carbonyl (C=O) groups excluding carboxylic acids is 1. The van der Waals surface area contributed by atoms with Crippen molar-refractivity contribution in [3.63, 3.8) is 0 Å². The van der Waals surface area contributed by atoms with Gasteiger partial charge in [-0.25, -0.2) is 0 Å². The summed E-state index contributed by atoms with van der Waals surface area (Å²) in [5, 5.41) is 6.21. The summed E-state index contributed by atoms with van der Waals surface area (Å²) in [6.07, 6.45) is 0. The maximum atomic E-state index is 12.2. The Morgan fingerprint density at radius 3 is 2.70 bits per heavy atom. The molecule has 0 aliphatic heterocycles. The third-order valence-corrected chi connectivity index (χ3v) is 3.37. The van der Waals surface area contributed by atoms with E-state index in [1.165, 1.54) is 0 Å². The van der Waals surface area contributed by atoms with Crippen molar-refractivity contribution in [2.45, 2.75) is 20.4 Å². The van der Waals surface area contributed by atoms with Crippen LogP contribution in [0, 0.1) is 6.92 Å². The molecule has 20 heavy (non-hydrogen) atoms. The maximum absolute atomic E-state index is 12.2. The van der Waals surface area contributed by atoms with Crippen LogP contribution in [0.2, 0.25) is 0 Å². The minimum absolute atomic E-state index is 0.0822. The molecule has 0 fully saturated rings. The lowest BCUT2D eigenvalue weighted by Crippen LogP contribution is -2.16. The average molecular weight is 271 g/mol. The smallest absolute Gasteiger partial charge is 0.272 e. The molecule has 106 valence electrons. The Morgan fingerprint density at radius 2 is 2.05 bits per heavy atom. The lowest BCUT2D eigenvalue weighted by Gasteiger charge is -2.09. The number of nitrogens with one attached hydrogen (secondary N) is 2. The second-order valence-electron chi connectivity index (χ2n) is 4.85. The summed E-state index contributed by atoms with van der Waals surface area (Å²) < 4.78 is 1.89. The highest BCUT2D eigenvalue weighted by Crippen LogP contribution is 2.13. The van der Waals surface area contributed by atoms with Crippen molar-refractivity contribution in [3.05, 3.63) is 53.3 Å². The molecule has 0 bridgehead atoms. The zero-order valence-electron chi connectivity index (χ0n) is 12.2. The predicted molar refractivity (Wildman–Crippen MR) is 81.9 cm³/mol. The molecular weight excluding hydrogens is 250 g/mol. The number of aromatic nitrogens is 1. The number of aryl methyl sites for hydroxylation is 1. The van der Waals surface area contributed by atoms with Crippen molar-refractivity contribution in [2.75, 3.05) is 11.9 Å². The van der Waals surface area contributed by atoms with Gasteiger partial charge in [0.2, 0.25) is 0 Å². The Balaban J connectivity index is 2.09. The number of hydrogen-bond donors (Lipinski definition) is 2. The number of anilines is 1. The molecule has 1 heterocycles. The molecule has 0 aliphatic carbocycles. The van der Waals surface area contributed by atoms with Gasteiger partial charge in [-0.15, -0.1) is 0 Å². The molecular formula is C16H21N3O. The molecule has 4 nitrogen and oxygen atoms in total. The van der Waals surface area contributed by atoms with Gasteiger partial charge in [-0.05, 0) is 43.3 Å². The van der Waals surface area contributed by atoms with E-state index in [9.17, 15) is 4.79 Å².